The molecule has 0 unspecified atom stereocenters. The average Bonchev–Trinajstić information content (AvgIpc) is 2.68. The number of aldehydes is 1. The van der Waals surface area contributed by atoms with Crippen molar-refractivity contribution in [2.24, 2.45) is 0 Å². The lowest BCUT2D eigenvalue weighted by Gasteiger charge is -2.30. The maximum Gasteiger partial charge on any atom is 0.234 e. The third kappa shape index (κ3) is 3.34. The van der Waals surface area contributed by atoms with E-state index in [1.165, 1.54) is 6.42 Å². The molecular formula is C20H21N3O2. The van der Waals surface area contributed by atoms with Gasteiger partial charge in [-0.2, -0.15) is 10.2 Å². The highest BCUT2D eigenvalue weighted by Crippen LogP contribution is 2.37. The largest absolute Gasteiger partial charge is 0.477 e. The first-order chi connectivity index (χ1) is 12.3. The molecule has 0 amide bonds. The van der Waals surface area contributed by atoms with Gasteiger partial charge in [-0.25, -0.2) is 0 Å². The van der Waals surface area contributed by atoms with Crippen molar-refractivity contribution in [3.05, 3.63) is 41.5 Å². The van der Waals surface area contributed by atoms with Gasteiger partial charge in [-0.05, 0) is 31.7 Å². The lowest BCUT2D eigenvalue weighted by molar-refractivity contribution is 0.112. The minimum Gasteiger partial charge on any atom is -0.477 e. The molecule has 0 N–H and O–H groups in total. The Bertz CT molecular complexity index is 791. The summed E-state index contributed by atoms with van der Waals surface area (Å²) in [5.41, 5.74) is 2.21. The second-order valence-corrected chi connectivity index (χ2v) is 5.98. The van der Waals surface area contributed by atoms with Crippen molar-refractivity contribution >= 4 is 12.1 Å². The summed E-state index contributed by atoms with van der Waals surface area (Å²) in [6, 6.07) is 11.7. The number of rotatable bonds is 5. The van der Waals surface area contributed by atoms with Crippen LogP contribution in [0.4, 0.5) is 5.82 Å². The van der Waals surface area contributed by atoms with Gasteiger partial charge in [0.05, 0.1) is 12.2 Å². The molecule has 5 heteroatoms. The molecule has 2 aromatic rings. The van der Waals surface area contributed by atoms with Crippen LogP contribution in [0.25, 0.3) is 11.1 Å². The molecule has 0 bridgehead atoms. The Labute approximate surface area is 147 Å². The van der Waals surface area contributed by atoms with E-state index in [9.17, 15) is 10.1 Å². The van der Waals surface area contributed by atoms with Gasteiger partial charge < -0.3 is 9.64 Å². The van der Waals surface area contributed by atoms with E-state index in [4.69, 9.17) is 4.74 Å². The minimum absolute atomic E-state index is 0.301. The Balaban J connectivity index is 2.27. The number of aromatic nitrogens is 1. The van der Waals surface area contributed by atoms with Gasteiger partial charge in [-0.1, -0.05) is 30.3 Å². The van der Waals surface area contributed by atoms with Gasteiger partial charge in [0.1, 0.15) is 17.5 Å². The van der Waals surface area contributed by atoms with Gasteiger partial charge in [0.25, 0.3) is 0 Å². The van der Waals surface area contributed by atoms with Crippen LogP contribution in [0, 0.1) is 11.3 Å². The number of piperidine rings is 1. The van der Waals surface area contributed by atoms with E-state index in [-0.39, 0.29) is 0 Å². The molecule has 5 nitrogen and oxygen atoms in total. The van der Waals surface area contributed by atoms with Gasteiger partial charge in [-0.3, -0.25) is 4.79 Å². The second kappa shape index (κ2) is 7.80. The number of carbonyl (C=O) groups excluding carboxylic acids is 1. The fourth-order valence-corrected chi connectivity index (χ4v) is 3.27. The number of anilines is 1. The molecule has 1 saturated heterocycles. The topological polar surface area (TPSA) is 66.2 Å². The lowest BCUT2D eigenvalue weighted by atomic mass is 9.95. The summed E-state index contributed by atoms with van der Waals surface area (Å²) in [5, 5.41) is 9.71. The Hall–Kier alpha value is -2.87. The molecule has 0 aliphatic carbocycles. The number of pyridine rings is 1. The normalized spacial score (nSPS) is 14.0. The molecule has 1 fully saturated rings. The number of nitriles is 1. The highest BCUT2D eigenvalue weighted by molar-refractivity contribution is 5.96. The first kappa shape index (κ1) is 17.0. The van der Waals surface area contributed by atoms with Gasteiger partial charge in [-0.15, -0.1) is 0 Å². The zero-order valence-corrected chi connectivity index (χ0v) is 14.4. The molecule has 1 aliphatic rings. The quantitative estimate of drug-likeness (QED) is 0.777. The van der Waals surface area contributed by atoms with Crippen molar-refractivity contribution in [3.8, 4) is 23.1 Å². The summed E-state index contributed by atoms with van der Waals surface area (Å²) in [4.78, 5) is 18.7. The number of hydrogen-bond acceptors (Lipinski definition) is 5. The van der Waals surface area contributed by atoms with Gasteiger partial charge in [0, 0.05) is 18.7 Å². The van der Waals surface area contributed by atoms with Crippen molar-refractivity contribution in [2.45, 2.75) is 26.2 Å². The summed E-state index contributed by atoms with van der Waals surface area (Å²) < 4.78 is 5.64. The predicted octanol–water partition coefficient (Wildman–Crippen LogP) is 3.82. The smallest absolute Gasteiger partial charge is 0.234 e. The maximum atomic E-state index is 12.0. The first-order valence-corrected chi connectivity index (χ1v) is 8.66. The van der Waals surface area contributed by atoms with E-state index in [1.807, 2.05) is 37.3 Å². The summed E-state index contributed by atoms with van der Waals surface area (Å²) >= 11 is 0. The molecule has 1 aromatic carbocycles. The minimum atomic E-state index is 0.301. The average molecular weight is 335 g/mol. The molecular weight excluding hydrogens is 314 g/mol. The third-order valence-corrected chi connectivity index (χ3v) is 4.41. The number of ether oxygens (including phenoxy) is 1. The molecule has 0 radical (unpaired) electrons. The summed E-state index contributed by atoms with van der Waals surface area (Å²) in [6.07, 6.45) is 4.15. The monoisotopic (exact) mass is 335 g/mol. The molecule has 2 heterocycles. The standard InChI is InChI=1S/C20H21N3O2/c1-2-25-20-16(13-21)18(15-9-5-3-6-10-15)17(14-24)19(22-20)23-11-7-4-8-12-23/h3,5-6,9-10,14H,2,4,7-8,11-12H2,1H3. The fourth-order valence-electron chi connectivity index (χ4n) is 3.27. The number of benzene rings is 1. The fraction of sp³-hybridized carbons (Fsp3) is 0.350. The molecule has 0 atom stereocenters. The van der Waals surface area contributed by atoms with Crippen LogP contribution >= 0.6 is 0 Å². The van der Waals surface area contributed by atoms with Gasteiger partial charge in [0.15, 0.2) is 6.29 Å². The molecule has 0 saturated carbocycles. The number of nitrogens with zero attached hydrogens (tertiary/aromatic N) is 3. The van der Waals surface area contributed by atoms with Crippen LogP contribution in [0.2, 0.25) is 0 Å². The zero-order valence-electron chi connectivity index (χ0n) is 14.4. The van der Waals surface area contributed by atoms with Crippen LogP contribution in [0.3, 0.4) is 0 Å². The lowest BCUT2D eigenvalue weighted by Crippen LogP contribution is -2.31. The SMILES string of the molecule is CCOc1nc(N2CCCCC2)c(C=O)c(-c2ccccc2)c1C#N. The van der Waals surface area contributed by atoms with Crippen molar-refractivity contribution < 1.29 is 9.53 Å². The van der Waals surface area contributed by atoms with E-state index in [0.717, 1.165) is 37.8 Å². The zero-order chi connectivity index (χ0) is 17.6. The van der Waals surface area contributed by atoms with E-state index < -0.39 is 0 Å². The van der Waals surface area contributed by atoms with E-state index in [2.05, 4.69) is 16.0 Å². The van der Waals surface area contributed by atoms with Crippen LogP contribution in [0.5, 0.6) is 5.88 Å². The summed E-state index contributed by atoms with van der Waals surface area (Å²) in [7, 11) is 0. The summed E-state index contributed by atoms with van der Waals surface area (Å²) in [5.74, 6) is 0.922. The highest BCUT2D eigenvalue weighted by atomic mass is 16.5. The molecule has 0 spiro atoms. The molecule has 25 heavy (non-hydrogen) atoms. The number of carbonyl (C=O) groups is 1. The van der Waals surface area contributed by atoms with E-state index >= 15 is 0 Å². The van der Waals surface area contributed by atoms with Crippen molar-refractivity contribution in [1.82, 2.24) is 4.98 Å². The van der Waals surface area contributed by atoms with Crippen molar-refractivity contribution in [2.75, 3.05) is 24.6 Å². The highest BCUT2D eigenvalue weighted by Gasteiger charge is 2.25. The van der Waals surface area contributed by atoms with Crippen molar-refractivity contribution in [3.63, 3.8) is 0 Å². The Morgan fingerprint density at radius 2 is 1.96 bits per heavy atom. The van der Waals surface area contributed by atoms with Crippen LogP contribution in [-0.2, 0) is 0 Å². The summed E-state index contributed by atoms with van der Waals surface area (Å²) in [6.45, 7) is 3.99. The van der Waals surface area contributed by atoms with Crippen LogP contribution < -0.4 is 9.64 Å². The van der Waals surface area contributed by atoms with Crippen LogP contribution in [-0.4, -0.2) is 31.0 Å². The molecule has 1 aromatic heterocycles. The number of hydrogen-bond donors (Lipinski definition) is 0. The first-order valence-electron chi connectivity index (χ1n) is 8.66. The van der Waals surface area contributed by atoms with Crippen LogP contribution in [0.1, 0.15) is 42.1 Å². The predicted molar refractivity (Wildman–Crippen MR) is 97.0 cm³/mol. The Kier molecular flexibility index (Phi) is 5.30. The Morgan fingerprint density at radius 1 is 1.24 bits per heavy atom. The van der Waals surface area contributed by atoms with Crippen molar-refractivity contribution in [1.29, 1.82) is 5.26 Å². The van der Waals surface area contributed by atoms with Gasteiger partial charge in [0.2, 0.25) is 5.88 Å². The van der Waals surface area contributed by atoms with E-state index in [1.54, 1.807) is 0 Å². The van der Waals surface area contributed by atoms with E-state index in [0.29, 0.717) is 35.0 Å². The van der Waals surface area contributed by atoms with Gasteiger partial charge >= 0.3 is 0 Å². The Morgan fingerprint density at radius 3 is 2.56 bits per heavy atom. The maximum absolute atomic E-state index is 12.0. The molecule has 128 valence electrons. The molecule has 3 rings (SSSR count). The molecule has 1 aliphatic heterocycles. The van der Waals surface area contributed by atoms with Crippen LogP contribution in [0.15, 0.2) is 30.3 Å². The second-order valence-electron chi connectivity index (χ2n) is 5.98. The third-order valence-electron chi connectivity index (χ3n) is 4.41.